The van der Waals surface area contributed by atoms with Crippen LogP contribution in [0.2, 0.25) is 0 Å². The number of carbonyl (C=O) groups excluding carboxylic acids is 2. The molecule has 1 aliphatic carbocycles. The molecule has 3 rings (SSSR count). The molecule has 1 atom stereocenters. The molecule has 11 heteroatoms. The highest BCUT2D eigenvalue weighted by atomic mass is 32.3. The van der Waals surface area contributed by atoms with Crippen LogP contribution >= 0.6 is 10.0 Å². The lowest BCUT2D eigenvalue weighted by Crippen LogP contribution is -2.42. The van der Waals surface area contributed by atoms with Crippen LogP contribution in [0.4, 0.5) is 9.59 Å². The van der Waals surface area contributed by atoms with Gasteiger partial charge in [0, 0.05) is 4.90 Å². The highest BCUT2D eigenvalue weighted by Gasteiger charge is 2.60. The Labute approximate surface area is 167 Å². The van der Waals surface area contributed by atoms with Crippen molar-refractivity contribution in [2.45, 2.75) is 35.8 Å². The number of carboxylic acids is 2. The molecule has 10 nitrogen and oxygen atoms in total. The fraction of sp³-hybridized carbons (Fsp3) is 0.389. The van der Waals surface area contributed by atoms with Crippen LogP contribution in [0.25, 0.3) is 0 Å². The second kappa shape index (κ2) is 7.39. The molecule has 0 spiro atoms. The Balaban J connectivity index is 2.26. The Morgan fingerprint density at radius 2 is 1.69 bits per heavy atom. The third-order valence-corrected chi connectivity index (χ3v) is 8.85. The standard InChI is InChI=1S/C18H21N3O7S/c19-12-11-10(28-7-8-3-1-2-4-8)6-5-9(15(22)23)13(11)29(17(20)26,18(21)27)14(12)16(24)25/h5-6,8,14,19H,1-4,7H2,(H2,20,26)(H2,21,27)(H,22,23)(H,24,25). The molecule has 2 aliphatic rings. The van der Waals surface area contributed by atoms with E-state index in [4.69, 9.17) is 21.6 Å². The first kappa shape index (κ1) is 20.6. The first-order chi connectivity index (χ1) is 13.6. The van der Waals surface area contributed by atoms with E-state index in [9.17, 15) is 29.4 Å². The molecule has 2 amide bonds. The fourth-order valence-corrected chi connectivity index (χ4v) is 7.17. The van der Waals surface area contributed by atoms with Gasteiger partial charge in [-0.15, -0.1) is 0 Å². The van der Waals surface area contributed by atoms with Gasteiger partial charge in [-0.1, -0.05) is 12.8 Å². The Bertz CT molecular complexity index is 926. The number of rotatable bonds is 5. The summed E-state index contributed by atoms with van der Waals surface area (Å²) in [6.45, 7) is 0.291. The van der Waals surface area contributed by atoms with Gasteiger partial charge in [0.1, 0.15) is 11.0 Å². The summed E-state index contributed by atoms with van der Waals surface area (Å²) in [5.41, 5.74) is 9.58. The van der Waals surface area contributed by atoms with Crippen LogP contribution in [0.3, 0.4) is 0 Å². The number of fused-ring (bicyclic) bond motifs is 1. The van der Waals surface area contributed by atoms with Crippen molar-refractivity contribution in [1.29, 1.82) is 5.41 Å². The van der Waals surface area contributed by atoms with Crippen LogP contribution < -0.4 is 16.2 Å². The number of nitrogens with one attached hydrogen (secondary N) is 1. The van der Waals surface area contributed by atoms with Gasteiger partial charge in [-0.25, -0.2) is 4.79 Å². The van der Waals surface area contributed by atoms with E-state index in [0.29, 0.717) is 6.61 Å². The molecule has 1 heterocycles. The lowest BCUT2D eigenvalue weighted by Gasteiger charge is -2.33. The summed E-state index contributed by atoms with van der Waals surface area (Å²) in [6.07, 6.45) is 4.06. The van der Waals surface area contributed by atoms with Crippen molar-refractivity contribution in [2.75, 3.05) is 6.61 Å². The summed E-state index contributed by atoms with van der Waals surface area (Å²) >= 11 is 0. The van der Waals surface area contributed by atoms with E-state index in [2.05, 4.69) is 0 Å². The molecule has 0 bridgehead atoms. The molecular weight excluding hydrogens is 402 g/mol. The molecule has 1 aliphatic heterocycles. The Hall–Kier alpha value is -3.08. The zero-order valence-corrected chi connectivity index (χ0v) is 16.2. The van der Waals surface area contributed by atoms with Crippen molar-refractivity contribution in [2.24, 2.45) is 17.4 Å². The minimum Gasteiger partial charge on any atom is -0.493 e. The van der Waals surface area contributed by atoms with E-state index in [0.717, 1.165) is 31.7 Å². The van der Waals surface area contributed by atoms with Crippen LogP contribution in [0.5, 0.6) is 5.75 Å². The number of ether oxygens (including phenoxy) is 1. The Kier molecular flexibility index (Phi) is 5.26. The van der Waals surface area contributed by atoms with Gasteiger partial charge in [0.2, 0.25) is 0 Å². The SMILES string of the molecule is N=C1c2c(OCC3CCCC3)ccc(C(=O)O)c2S(C(N)=O)(C(N)=O)C1C(=O)O. The summed E-state index contributed by atoms with van der Waals surface area (Å²) < 4.78 is 5.80. The van der Waals surface area contributed by atoms with E-state index < -0.39 is 53.9 Å². The average Bonchev–Trinajstić information content (AvgIpc) is 3.24. The third-order valence-electron chi connectivity index (χ3n) is 5.37. The van der Waals surface area contributed by atoms with Crippen molar-refractivity contribution in [3.63, 3.8) is 0 Å². The van der Waals surface area contributed by atoms with Gasteiger partial charge in [-0.3, -0.25) is 14.4 Å². The molecule has 1 fully saturated rings. The van der Waals surface area contributed by atoms with E-state index >= 15 is 0 Å². The first-order valence-electron chi connectivity index (χ1n) is 8.89. The number of aliphatic carboxylic acids is 1. The summed E-state index contributed by atoms with van der Waals surface area (Å²) in [5, 5.41) is 23.0. The minimum absolute atomic E-state index is 0.0463. The van der Waals surface area contributed by atoms with Crippen molar-refractivity contribution >= 4 is 38.2 Å². The zero-order valence-electron chi connectivity index (χ0n) is 15.3. The number of hydrogen-bond donors (Lipinski definition) is 5. The van der Waals surface area contributed by atoms with Gasteiger partial charge in [-0.2, -0.15) is 0 Å². The van der Waals surface area contributed by atoms with E-state index in [1.807, 2.05) is 0 Å². The van der Waals surface area contributed by atoms with Crippen molar-refractivity contribution < 1.29 is 34.1 Å². The third kappa shape index (κ3) is 3.01. The summed E-state index contributed by atoms with van der Waals surface area (Å²) in [4.78, 5) is 48.1. The highest BCUT2D eigenvalue weighted by molar-refractivity contribution is 8.57. The van der Waals surface area contributed by atoms with E-state index in [1.165, 1.54) is 6.07 Å². The second-order valence-corrected chi connectivity index (χ2v) is 10.0. The molecule has 1 saturated carbocycles. The number of hydrogen-bond acceptors (Lipinski definition) is 6. The van der Waals surface area contributed by atoms with Crippen LogP contribution in [0, 0.1) is 11.3 Å². The van der Waals surface area contributed by atoms with Gasteiger partial charge in [0.25, 0.3) is 10.5 Å². The normalized spacial score (nSPS) is 21.4. The van der Waals surface area contributed by atoms with Crippen molar-refractivity contribution in [3.8, 4) is 5.75 Å². The number of aromatic carboxylic acids is 1. The number of benzene rings is 1. The Morgan fingerprint density at radius 3 is 2.17 bits per heavy atom. The molecular formula is C18H21N3O7S. The predicted molar refractivity (Wildman–Crippen MR) is 104 cm³/mol. The fourth-order valence-electron chi connectivity index (χ4n) is 4.06. The maximum Gasteiger partial charge on any atom is 0.336 e. The number of primary amides is 2. The molecule has 1 unspecified atom stereocenters. The van der Waals surface area contributed by atoms with Crippen LogP contribution in [0.15, 0.2) is 17.0 Å². The van der Waals surface area contributed by atoms with E-state index in [1.54, 1.807) is 0 Å². The zero-order chi connectivity index (χ0) is 21.5. The second-order valence-electron chi connectivity index (χ2n) is 7.01. The van der Waals surface area contributed by atoms with Crippen LogP contribution in [-0.2, 0) is 4.79 Å². The predicted octanol–water partition coefficient (Wildman–Crippen LogP) is 2.11. The number of amides is 2. The Morgan fingerprint density at radius 1 is 1.10 bits per heavy atom. The largest absolute Gasteiger partial charge is 0.493 e. The summed E-state index contributed by atoms with van der Waals surface area (Å²) in [5.74, 6) is -2.83. The quantitative estimate of drug-likeness (QED) is 0.478. The van der Waals surface area contributed by atoms with Gasteiger partial charge < -0.3 is 31.8 Å². The smallest absolute Gasteiger partial charge is 0.336 e. The average molecular weight is 423 g/mol. The highest BCUT2D eigenvalue weighted by Crippen LogP contribution is 2.68. The van der Waals surface area contributed by atoms with Crippen molar-refractivity contribution in [3.05, 3.63) is 23.3 Å². The molecule has 29 heavy (non-hydrogen) atoms. The minimum atomic E-state index is -3.89. The first-order valence-corrected chi connectivity index (χ1v) is 10.6. The topological polar surface area (TPSA) is 194 Å². The number of nitrogens with two attached hydrogens (primary N) is 2. The number of carboxylic acid groups (broad SMARTS) is 2. The molecule has 7 N–H and O–H groups in total. The molecule has 0 saturated heterocycles. The molecule has 1 aromatic rings. The molecule has 1 aromatic carbocycles. The lowest BCUT2D eigenvalue weighted by molar-refractivity contribution is -0.135. The van der Waals surface area contributed by atoms with Crippen LogP contribution in [0.1, 0.15) is 41.6 Å². The number of carbonyl (C=O) groups is 4. The maximum atomic E-state index is 12.4. The summed E-state index contributed by atoms with van der Waals surface area (Å²) in [6, 6.07) is 2.43. The summed E-state index contributed by atoms with van der Waals surface area (Å²) in [7, 11) is -3.89. The van der Waals surface area contributed by atoms with Crippen molar-refractivity contribution in [1.82, 2.24) is 0 Å². The van der Waals surface area contributed by atoms with Crippen LogP contribution in [-0.4, -0.2) is 50.2 Å². The van der Waals surface area contributed by atoms with Gasteiger partial charge in [0.15, 0.2) is 0 Å². The maximum absolute atomic E-state index is 12.4. The monoisotopic (exact) mass is 423 g/mol. The van der Waals surface area contributed by atoms with E-state index in [-0.39, 0.29) is 17.2 Å². The molecule has 156 valence electrons. The van der Waals surface area contributed by atoms with Gasteiger partial charge in [-0.05, 0) is 40.9 Å². The van der Waals surface area contributed by atoms with Gasteiger partial charge >= 0.3 is 11.9 Å². The molecule has 0 aromatic heterocycles. The van der Waals surface area contributed by atoms with Gasteiger partial charge in [0.05, 0.1) is 23.4 Å². The molecule has 0 radical (unpaired) electrons. The lowest BCUT2D eigenvalue weighted by atomic mass is 10.0.